The summed E-state index contributed by atoms with van der Waals surface area (Å²) in [6.07, 6.45) is 0. The Hall–Kier alpha value is -7.68. The summed E-state index contributed by atoms with van der Waals surface area (Å²) in [5.74, 6) is 0. The molecule has 2 nitrogen and oxygen atoms in total. The second kappa shape index (κ2) is 14.1. The number of para-hydroxylation sites is 1. The highest BCUT2D eigenvalue weighted by molar-refractivity contribution is 6.25. The molecule has 0 spiro atoms. The third-order valence-corrected chi connectivity index (χ3v) is 11.6. The minimum absolute atomic E-state index is 1.09. The summed E-state index contributed by atoms with van der Waals surface area (Å²) >= 11 is 0. The molecule has 10 aromatic carbocycles. The molecule has 0 unspecified atom stereocenters. The Kier molecular flexibility index (Phi) is 8.19. The van der Waals surface area contributed by atoms with Crippen LogP contribution in [-0.4, -0.2) is 4.57 Å². The molecule has 11 aromatic rings. The zero-order valence-electron chi connectivity index (χ0n) is 31.8. The summed E-state index contributed by atoms with van der Waals surface area (Å²) in [5.41, 5.74) is 14.0. The molecular weight excluding hydrogens is 701 g/mol. The predicted octanol–water partition coefficient (Wildman–Crippen LogP) is 15.6. The van der Waals surface area contributed by atoms with E-state index >= 15 is 0 Å². The Labute approximate surface area is 338 Å². The molecule has 0 bridgehead atoms. The van der Waals surface area contributed by atoms with Gasteiger partial charge in [-0.05, 0) is 98.1 Å². The lowest BCUT2D eigenvalue weighted by Gasteiger charge is -2.27. The number of benzene rings is 10. The molecule has 0 aliphatic heterocycles. The molecule has 2 heteroatoms. The zero-order chi connectivity index (χ0) is 38.4. The Morgan fingerprint density at radius 1 is 0.328 bits per heavy atom. The number of rotatable bonds is 7. The molecule has 1 aromatic heterocycles. The Morgan fingerprint density at radius 3 is 1.47 bits per heavy atom. The molecule has 0 saturated carbocycles. The largest absolute Gasteiger partial charge is 0.310 e. The SMILES string of the molecule is c1ccc(-c2ccc(N(c3ccc(-c4ccccc4)cc3)c3cc4ccccc4c4c3c3ccc(-c5cccc6ccccc56)cc3n4-c3ccccc3)cc2)cc1. The summed E-state index contributed by atoms with van der Waals surface area (Å²) in [5, 5.41) is 7.31. The second-order valence-corrected chi connectivity index (χ2v) is 14.9. The monoisotopic (exact) mass is 738 g/mol. The number of anilines is 3. The van der Waals surface area contributed by atoms with Crippen LogP contribution in [0.5, 0.6) is 0 Å². The van der Waals surface area contributed by atoms with Crippen molar-refractivity contribution in [1.29, 1.82) is 0 Å². The zero-order valence-corrected chi connectivity index (χ0v) is 31.8. The normalized spacial score (nSPS) is 11.4. The van der Waals surface area contributed by atoms with Gasteiger partial charge in [-0.25, -0.2) is 0 Å². The number of aromatic nitrogens is 1. The minimum atomic E-state index is 1.09. The van der Waals surface area contributed by atoms with Gasteiger partial charge >= 0.3 is 0 Å². The van der Waals surface area contributed by atoms with E-state index in [-0.39, 0.29) is 0 Å². The lowest BCUT2D eigenvalue weighted by Crippen LogP contribution is -2.10. The molecule has 0 aliphatic carbocycles. The first-order valence-corrected chi connectivity index (χ1v) is 19.9. The highest BCUT2D eigenvalue weighted by atomic mass is 15.1. The van der Waals surface area contributed by atoms with E-state index in [1.165, 1.54) is 76.7 Å². The van der Waals surface area contributed by atoms with Crippen molar-refractivity contribution in [2.24, 2.45) is 0 Å². The Morgan fingerprint density at radius 2 is 0.828 bits per heavy atom. The summed E-state index contributed by atoms with van der Waals surface area (Å²) in [4.78, 5) is 2.45. The minimum Gasteiger partial charge on any atom is -0.310 e. The van der Waals surface area contributed by atoms with Crippen LogP contribution in [0, 0.1) is 0 Å². The van der Waals surface area contributed by atoms with E-state index < -0.39 is 0 Å². The molecule has 58 heavy (non-hydrogen) atoms. The fourth-order valence-corrected chi connectivity index (χ4v) is 8.82. The van der Waals surface area contributed by atoms with Crippen LogP contribution in [0.3, 0.4) is 0 Å². The van der Waals surface area contributed by atoms with Crippen LogP contribution in [0.25, 0.3) is 82.4 Å². The second-order valence-electron chi connectivity index (χ2n) is 14.9. The van der Waals surface area contributed by atoms with Crippen molar-refractivity contribution < 1.29 is 0 Å². The summed E-state index contributed by atoms with van der Waals surface area (Å²) in [7, 11) is 0. The van der Waals surface area contributed by atoms with Gasteiger partial charge in [0.25, 0.3) is 0 Å². The molecule has 0 amide bonds. The van der Waals surface area contributed by atoms with Crippen LogP contribution in [0.15, 0.2) is 231 Å². The molecule has 0 atom stereocenters. The van der Waals surface area contributed by atoms with Crippen molar-refractivity contribution in [3.63, 3.8) is 0 Å². The summed E-state index contributed by atoms with van der Waals surface area (Å²) in [6.45, 7) is 0. The number of hydrogen-bond acceptors (Lipinski definition) is 1. The maximum Gasteiger partial charge on any atom is 0.0640 e. The van der Waals surface area contributed by atoms with Crippen molar-refractivity contribution in [3.8, 4) is 39.1 Å². The lowest BCUT2D eigenvalue weighted by molar-refractivity contribution is 1.19. The van der Waals surface area contributed by atoms with Crippen LogP contribution in [0.4, 0.5) is 17.1 Å². The molecule has 11 rings (SSSR count). The van der Waals surface area contributed by atoms with Crippen molar-refractivity contribution in [3.05, 3.63) is 231 Å². The summed E-state index contributed by atoms with van der Waals surface area (Å²) < 4.78 is 2.49. The lowest BCUT2D eigenvalue weighted by atomic mass is 9.96. The van der Waals surface area contributed by atoms with Gasteiger partial charge < -0.3 is 9.47 Å². The first-order chi connectivity index (χ1) is 28.8. The van der Waals surface area contributed by atoms with E-state index in [0.717, 1.165) is 22.7 Å². The maximum atomic E-state index is 2.49. The number of hydrogen-bond donors (Lipinski definition) is 0. The van der Waals surface area contributed by atoms with Crippen LogP contribution in [0.1, 0.15) is 0 Å². The van der Waals surface area contributed by atoms with Gasteiger partial charge in [-0.15, -0.1) is 0 Å². The fourth-order valence-electron chi connectivity index (χ4n) is 8.82. The van der Waals surface area contributed by atoms with Gasteiger partial charge in [0, 0.05) is 33.2 Å². The molecular formula is C56H38N2. The molecule has 0 N–H and O–H groups in total. The predicted molar refractivity (Wildman–Crippen MR) is 247 cm³/mol. The molecule has 0 radical (unpaired) electrons. The van der Waals surface area contributed by atoms with E-state index in [2.05, 4.69) is 240 Å². The number of fused-ring (bicyclic) bond motifs is 6. The molecule has 0 saturated heterocycles. The van der Waals surface area contributed by atoms with Crippen molar-refractivity contribution >= 4 is 60.4 Å². The van der Waals surface area contributed by atoms with E-state index in [0.29, 0.717) is 0 Å². The number of nitrogens with zero attached hydrogens (tertiary/aromatic N) is 2. The van der Waals surface area contributed by atoms with Gasteiger partial charge in [-0.2, -0.15) is 0 Å². The average molecular weight is 739 g/mol. The molecule has 0 fully saturated rings. The van der Waals surface area contributed by atoms with Crippen LogP contribution in [-0.2, 0) is 0 Å². The standard InChI is InChI=1S/C56H38N2/c1-4-15-39(16-5-1)41-27-32-47(33-28-41)57(48-34-29-42(30-35-48)40-17-6-2-7-18-40)54-38-44-20-11-13-25-51(44)56-55(54)52-36-31-45(37-53(52)58(56)46-22-8-3-9-23-46)50-26-14-21-43-19-10-12-24-49(43)50/h1-38H. The van der Waals surface area contributed by atoms with Gasteiger partial charge in [0.05, 0.1) is 16.7 Å². The van der Waals surface area contributed by atoms with E-state index in [9.17, 15) is 0 Å². The average Bonchev–Trinajstić information content (AvgIpc) is 3.65. The Balaban J connectivity index is 1.22. The van der Waals surface area contributed by atoms with Crippen LogP contribution in [0.2, 0.25) is 0 Å². The van der Waals surface area contributed by atoms with Gasteiger partial charge in [-0.1, -0.05) is 182 Å². The maximum absolute atomic E-state index is 2.49. The third-order valence-electron chi connectivity index (χ3n) is 11.6. The summed E-state index contributed by atoms with van der Waals surface area (Å²) in [6, 6.07) is 83.7. The fraction of sp³-hybridized carbons (Fsp3) is 0. The van der Waals surface area contributed by atoms with E-state index in [1.54, 1.807) is 0 Å². The van der Waals surface area contributed by atoms with Gasteiger partial charge in [0.2, 0.25) is 0 Å². The van der Waals surface area contributed by atoms with Crippen molar-refractivity contribution in [2.75, 3.05) is 4.90 Å². The van der Waals surface area contributed by atoms with E-state index in [4.69, 9.17) is 0 Å². The Bertz CT molecular complexity index is 3150. The van der Waals surface area contributed by atoms with Crippen LogP contribution < -0.4 is 4.90 Å². The molecule has 272 valence electrons. The first kappa shape index (κ1) is 33.6. The van der Waals surface area contributed by atoms with Crippen molar-refractivity contribution in [2.45, 2.75) is 0 Å². The topological polar surface area (TPSA) is 8.17 Å². The van der Waals surface area contributed by atoms with Crippen LogP contribution >= 0.6 is 0 Å². The third kappa shape index (κ3) is 5.74. The quantitative estimate of drug-likeness (QED) is 0.158. The molecule has 1 heterocycles. The molecule has 0 aliphatic rings. The van der Waals surface area contributed by atoms with E-state index in [1.807, 2.05) is 0 Å². The first-order valence-electron chi connectivity index (χ1n) is 19.9. The van der Waals surface area contributed by atoms with Gasteiger partial charge in [0.1, 0.15) is 0 Å². The smallest absolute Gasteiger partial charge is 0.0640 e. The van der Waals surface area contributed by atoms with Gasteiger partial charge in [-0.3, -0.25) is 0 Å². The van der Waals surface area contributed by atoms with Crippen molar-refractivity contribution in [1.82, 2.24) is 4.57 Å². The highest BCUT2D eigenvalue weighted by Gasteiger charge is 2.24. The highest BCUT2D eigenvalue weighted by Crippen LogP contribution is 2.48. The van der Waals surface area contributed by atoms with Gasteiger partial charge in [0.15, 0.2) is 0 Å².